The van der Waals surface area contributed by atoms with Gasteiger partial charge in [-0.3, -0.25) is 9.88 Å². The molecular formula is C19H24F6N2O7. The largest absolute Gasteiger partial charge is 0.490 e. The second-order valence-electron chi connectivity index (χ2n) is 7.07. The highest BCUT2D eigenvalue weighted by molar-refractivity contribution is 5.73. The van der Waals surface area contributed by atoms with Gasteiger partial charge in [0.15, 0.2) is 0 Å². The van der Waals surface area contributed by atoms with E-state index in [-0.39, 0.29) is 6.10 Å². The van der Waals surface area contributed by atoms with Crippen LogP contribution in [0.2, 0.25) is 0 Å². The predicted octanol–water partition coefficient (Wildman–Crippen LogP) is 2.21. The molecule has 15 heteroatoms. The van der Waals surface area contributed by atoms with Crippen molar-refractivity contribution in [1.82, 2.24) is 9.88 Å². The first-order chi connectivity index (χ1) is 15.8. The van der Waals surface area contributed by atoms with Crippen LogP contribution in [-0.2, 0) is 30.4 Å². The number of fused-ring (bicyclic) bond motifs is 1. The van der Waals surface area contributed by atoms with E-state index >= 15 is 0 Å². The highest BCUT2D eigenvalue weighted by Gasteiger charge is 2.45. The molecule has 2 N–H and O–H groups in total. The van der Waals surface area contributed by atoms with Crippen LogP contribution in [0, 0.1) is 5.92 Å². The van der Waals surface area contributed by atoms with E-state index in [1.54, 1.807) is 13.3 Å². The number of alkyl halides is 6. The molecule has 0 aliphatic carbocycles. The van der Waals surface area contributed by atoms with E-state index < -0.39 is 24.3 Å². The molecule has 0 spiro atoms. The fraction of sp³-hybridized carbons (Fsp3) is 0.632. The van der Waals surface area contributed by atoms with Crippen LogP contribution in [0.4, 0.5) is 26.3 Å². The molecule has 2 saturated heterocycles. The molecule has 0 amide bonds. The summed E-state index contributed by atoms with van der Waals surface area (Å²) in [5, 5.41) is 14.2. The summed E-state index contributed by atoms with van der Waals surface area (Å²) < 4.78 is 80.4. The number of hydrogen-bond acceptors (Lipinski definition) is 7. The Morgan fingerprint density at radius 3 is 2.21 bits per heavy atom. The van der Waals surface area contributed by atoms with Crippen LogP contribution < -0.4 is 0 Å². The summed E-state index contributed by atoms with van der Waals surface area (Å²) in [6.07, 6.45) is -6.27. The van der Waals surface area contributed by atoms with E-state index in [1.807, 2.05) is 18.3 Å². The van der Waals surface area contributed by atoms with Crippen LogP contribution in [-0.4, -0.2) is 96.6 Å². The van der Waals surface area contributed by atoms with E-state index in [0.717, 1.165) is 38.5 Å². The third-order valence-electron chi connectivity index (χ3n) is 4.71. The number of hydrogen-bond donors (Lipinski definition) is 2. The van der Waals surface area contributed by atoms with Crippen LogP contribution in [0.1, 0.15) is 5.56 Å². The van der Waals surface area contributed by atoms with Crippen molar-refractivity contribution in [3.8, 4) is 0 Å². The summed E-state index contributed by atoms with van der Waals surface area (Å²) in [6, 6.07) is 4.48. The molecule has 0 unspecified atom stereocenters. The molecule has 2 aliphatic heterocycles. The normalized spacial score (nSPS) is 22.1. The summed E-state index contributed by atoms with van der Waals surface area (Å²) in [4.78, 5) is 24.4. The number of aromatic nitrogens is 1. The van der Waals surface area contributed by atoms with Crippen molar-refractivity contribution in [1.29, 1.82) is 0 Å². The smallest absolute Gasteiger partial charge is 0.475 e. The molecule has 0 saturated carbocycles. The first-order valence-corrected chi connectivity index (χ1v) is 9.68. The van der Waals surface area contributed by atoms with Crippen molar-refractivity contribution in [2.45, 2.75) is 31.1 Å². The Balaban J connectivity index is 0.000000343. The molecule has 0 aromatic carbocycles. The number of pyridine rings is 1. The Morgan fingerprint density at radius 1 is 1.15 bits per heavy atom. The fourth-order valence-corrected chi connectivity index (χ4v) is 3.12. The molecule has 2 fully saturated rings. The first kappa shape index (κ1) is 29.5. The minimum absolute atomic E-state index is 0.250. The molecule has 2 aliphatic rings. The van der Waals surface area contributed by atoms with Crippen LogP contribution in [0.3, 0.4) is 0 Å². The molecule has 9 nitrogen and oxygen atoms in total. The number of likely N-dealkylation sites (tertiary alicyclic amines) is 1. The SMILES string of the molecule is COCCN1C[C@H](OCc2cccnc2)[C@H]2COC[C@H]21.O=C(O)C(F)(F)F.O=C(O)C(F)(F)F. The number of nitrogens with zero attached hydrogens (tertiary/aromatic N) is 2. The molecule has 34 heavy (non-hydrogen) atoms. The van der Waals surface area contributed by atoms with Gasteiger partial charge in [-0.25, -0.2) is 9.59 Å². The molecule has 3 atom stereocenters. The highest BCUT2D eigenvalue weighted by atomic mass is 19.4. The maximum atomic E-state index is 10.6. The molecule has 3 rings (SSSR count). The third kappa shape index (κ3) is 10.2. The molecule has 194 valence electrons. The van der Waals surface area contributed by atoms with Gasteiger partial charge in [-0.15, -0.1) is 0 Å². The zero-order valence-corrected chi connectivity index (χ0v) is 17.9. The zero-order valence-electron chi connectivity index (χ0n) is 17.9. The van der Waals surface area contributed by atoms with Crippen molar-refractivity contribution >= 4 is 11.9 Å². The minimum Gasteiger partial charge on any atom is -0.475 e. The number of carbonyl (C=O) groups is 2. The predicted molar refractivity (Wildman–Crippen MR) is 102 cm³/mol. The number of halogens is 6. The van der Waals surface area contributed by atoms with Crippen molar-refractivity contribution < 1.29 is 60.4 Å². The molecular weight excluding hydrogens is 482 g/mol. The Hall–Kier alpha value is -2.49. The second kappa shape index (κ2) is 13.4. The van der Waals surface area contributed by atoms with Crippen molar-refractivity contribution in [2.24, 2.45) is 5.92 Å². The summed E-state index contributed by atoms with van der Waals surface area (Å²) in [6.45, 7) is 4.95. The van der Waals surface area contributed by atoms with Crippen LogP contribution in [0.25, 0.3) is 0 Å². The molecule has 1 aromatic heterocycles. The summed E-state index contributed by atoms with van der Waals surface area (Å²) in [5.74, 6) is -5.02. The molecule has 1 aromatic rings. The Bertz CT molecular complexity index is 740. The Labute approximate surface area is 190 Å². The Kier molecular flexibility index (Phi) is 11.7. The van der Waals surface area contributed by atoms with Crippen LogP contribution >= 0.6 is 0 Å². The number of methoxy groups -OCH3 is 1. The summed E-state index contributed by atoms with van der Waals surface area (Å²) in [7, 11) is 1.75. The van der Waals surface area contributed by atoms with Gasteiger partial charge in [0.2, 0.25) is 0 Å². The number of rotatable bonds is 6. The zero-order chi connectivity index (χ0) is 25.9. The number of ether oxygens (including phenoxy) is 3. The van der Waals surface area contributed by atoms with E-state index in [2.05, 4.69) is 9.88 Å². The standard InChI is InChI=1S/C15H22N2O3.2C2HF3O2/c1-18-6-5-17-8-15(13-10-19-11-14(13)17)20-9-12-3-2-4-16-7-12;2*3-2(4,5)1(6)7/h2-4,7,13-15H,5-6,8-11H2,1H3;2*(H,6,7)/t13-,14+,15-;;/m0../s1. The number of aliphatic carboxylic acids is 2. The monoisotopic (exact) mass is 506 g/mol. The van der Waals surface area contributed by atoms with Crippen molar-refractivity contribution in [2.75, 3.05) is 40.0 Å². The maximum absolute atomic E-state index is 10.6. The fourth-order valence-electron chi connectivity index (χ4n) is 3.12. The first-order valence-electron chi connectivity index (χ1n) is 9.68. The van der Waals surface area contributed by atoms with Gasteiger partial charge in [0.05, 0.1) is 32.5 Å². The lowest BCUT2D eigenvalue weighted by atomic mass is 10.0. The van der Waals surface area contributed by atoms with Gasteiger partial charge in [0, 0.05) is 44.6 Å². The lowest BCUT2D eigenvalue weighted by Crippen LogP contribution is -2.35. The average molecular weight is 506 g/mol. The van der Waals surface area contributed by atoms with Gasteiger partial charge in [-0.2, -0.15) is 26.3 Å². The lowest BCUT2D eigenvalue weighted by Gasteiger charge is -2.21. The van der Waals surface area contributed by atoms with Gasteiger partial charge in [-0.05, 0) is 11.6 Å². The third-order valence-corrected chi connectivity index (χ3v) is 4.71. The topological polar surface area (TPSA) is 118 Å². The van der Waals surface area contributed by atoms with Crippen molar-refractivity contribution in [3.63, 3.8) is 0 Å². The van der Waals surface area contributed by atoms with Crippen LogP contribution in [0.15, 0.2) is 24.5 Å². The minimum atomic E-state index is -5.08. The van der Waals surface area contributed by atoms with Gasteiger partial charge in [0.25, 0.3) is 0 Å². The van der Waals surface area contributed by atoms with Gasteiger partial charge in [0.1, 0.15) is 0 Å². The van der Waals surface area contributed by atoms with E-state index in [1.165, 1.54) is 0 Å². The lowest BCUT2D eigenvalue weighted by molar-refractivity contribution is -0.193. The Morgan fingerprint density at radius 2 is 1.74 bits per heavy atom. The number of carboxylic acids is 2. The van der Waals surface area contributed by atoms with E-state index in [4.69, 9.17) is 34.0 Å². The summed E-state index contributed by atoms with van der Waals surface area (Å²) in [5.41, 5.74) is 1.12. The van der Waals surface area contributed by atoms with E-state index in [0.29, 0.717) is 18.6 Å². The van der Waals surface area contributed by atoms with Crippen molar-refractivity contribution in [3.05, 3.63) is 30.1 Å². The molecule has 0 radical (unpaired) electrons. The maximum Gasteiger partial charge on any atom is 0.490 e. The van der Waals surface area contributed by atoms with Crippen LogP contribution in [0.5, 0.6) is 0 Å². The summed E-state index contributed by atoms with van der Waals surface area (Å²) >= 11 is 0. The molecule has 3 heterocycles. The van der Waals surface area contributed by atoms with Gasteiger partial charge >= 0.3 is 24.3 Å². The average Bonchev–Trinajstić information content (AvgIpc) is 3.34. The quantitative estimate of drug-likeness (QED) is 0.560. The van der Waals surface area contributed by atoms with E-state index in [9.17, 15) is 26.3 Å². The molecule has 0 bridgehead atoms. The van der Waals surface area contributed by atoms with Gasteiger partial charge < -0.3 is 24.4 Å². The highest BCUT2D eigenvalue weighted by Crippen LogP contribution is 2.32. The second-order valence-corrected chi connectivity index (χ2v) is 7.07. The number of carboxylic acid groups (broad SMARTS) is 2. The van der Waals surface area contributed by atoms with Gasteiger partial charge in [-0.1, -0.05) is 6.07 Å².